The lowest BCUT2D eigenvalue weighted by Crippen LogP contribution is -2.35. The minimum atomic E-state index is -0.541. The molecule has 3 amide bonds. The first-order valence-electron chi connectivity index (χ1n) is 11.5. The van der Waals surface area contributed by atoms with Crippen molar-refractivity contribution in [2.45, 2.75) is 32.4 Å². The number of carbonyl (C=O) groups is 3. The van der Waals surface area contributed by atoms with E-state index in [1.165, 1.54) is 12.3 Å². The summed E-state index contributed by atoms with van der Waals surface area (Å²) in [7, 11) is 0. The predicted octanol–water partition coefficient (Wildman–Crippen LogP) is 3.89. The number of pyridine rings is 1. The fourth-order valence-electron chi connectivity index (χ4n) is 3.50. The average Bonchev–Trinajstić information content (AvgIpc) is 2.88. The number of hydrogen-bond acceptors (Lipinski definition) is 5. The third-order valence-electron chi connectivity index (χ3n) is 5.46. The molecular formula is C28H29N5O3. The largest absolute Gasteiger partial charge is 0.366 e. The van der Waals surface area contributed by atoms with Gasteiger partial charge in [0.05, 0.1) is 5.56 Å². The molecule has 0 bridgehead atoms. The van der Waals surface area contributed by atoms with Gasteiger partial charge in [0.1, 0.15) is 0 Å². The molecule has 2 aromatic carbocycles. The quantitative estimate of drug-likeness (QED) is 0.282. The standard InChI is InChI=1S/C28H29N5O3/c1-3-7-23(33-28(36)24-12-10-21(26(29)34)16-19(24)2)14-15-30-25-13-11-22(18-31-25)27(35)32-17-20-8-5-4-6-9-20/h3-6,8-13,15-16,18,23H,1,7,14,17H2,2H3,(H2,29,34)(H,32,35)(H,33,36). The molecule has 36 heavy (non-hydrogen) atoms. The molecule has 184 valence electrons. The van der Waals surface area contributed by atoms with Crippen LogP contribution in [0.4, 0.5) is 5.82 Å². The molecule has 0 saturated carbocycles. The van der Waals surface area contributed by atoms with Crippen LogP contribution in [0.15, 0.2) is 84.5 Å². The number of nitrogens with zero attached hydrogens (tertiary/aromatic N) is 2. The lowest BCUT2D eigenvalue weighted by Gasteiger charge is -2.16. The van der Waals surface area contributed by atoms with Crippen LogP contribution in [-0.2, 0) is 6.54 Å². The Bertz CT molecular complexity index is 1250. The van der Waals surface area contributed by atoms with E-state index >= 15 is 0 Å². The van der Waals surface area contributed by atoms with Gasteiger partial charge in [-0.15, -0.1) is 6.58 Å². The number of primary amides is 1. The maximum atomic E-state index is 12.8. The first kappa shape index (κ1) is 26.0. The summed E-state index contributed by atoms with van der Waals surface area (Å²) in [6.45, 7) is 5.95. The number of rotatable bonds is 11. The highest BCUT2D eigenvalue weighted by molar-refractivity contribution is 5.98. The molecule has 0 radical (unpaired) electrons. The maximum Gasteiger partial charge on any atom is 0.253 e. The summed E-state index contributed by atoms with van der Waals surface area (Å²) in [4.78, 5) is 45.0. The van der Waals surface area contributed by atoms with Gasteiger partial charge in [-0.25, -0.2) is 9.98 Å². The first-order valence-corrected chi connectivity index (χ1v) is 11.5. The summed E-state index contributed by atoms with van der Waals surface area (Å²) in [5.74, 6) is -0.556. The van der Waals surface area contributed by atoms with Gasteiger partial charge in [-0.05, 0) is 54.8 Å². The predicted molar refractivity (Wildman–Crippen MR) is 140 cm³/mol. The minimum absolute atomic E-state index is 0.213. The number of aliphatic imine (C=N–C) groups is 1. The lowest BCUT2D eigenvalue weighted by molar-refractivity contribution is 0.0933. The van der Waals surface area contributed by atoms with Gasteiger partial charge >= 0.3 is 0 Å². The van der Waals surface area contributed by atoms with E-state index in [1.54, 1.807) is 43.5 Å². The van der Waals surface area contributed by atoms with Crippen LogP contribution in [0.1, 0.15) is 55.0 Å². The van der Waals surface area contributed by atoms with Crippen molar-refractivity contribution in [2.24, 2.45) is 10.7 Å². The lowest BCUT2D eigenvalue weighted by atomic mass is 10.0. The summed E-state index contributed by atoms with van der Waals surface area (Å²) < 4.78 is 0. The zero-order valence-electron chi connectivity index (χ0n) is 20.1. The molecular weight excluding hydrogens is 454 g/mol. The molecule has 0 aliphatic heterocycles. The molecule has 0 saturated heterocycles. The highest BCUT2D eigenvalue weighted by Gasteiger charge is 2.15. The average molecular weight is 484 g/mol. The van der Waals surface area contributed by atoms with Crippen molar-refractivity contribution in [2.75, 3.05) is 0 Å². The van der Waals surface area contributed by atoms with Crippen molar-refractivity contribution in [1.82, 2.24) is 15.6 Å². The van der Waals surface area contributed by atoms with Crippen LogP contribution >= 0.6 is 0 Å². The number of nitrogens with one attached hydrogen (secondary N) is 2. The first-order chi connectivity index (χ1) is 17.4. The topological polar surface area (TPSA) is 127 Å². The van der Waals surface area contributed by atoms with E-state index in [0.29, 0.717) is 47.5 Å². The van der Waals surface area contributed by atoms with Gasteiger partial charge in [0.2, 0.25) is 5.91 Å². The molecule has 0 aliphatic rings. The highest BCUT2D eigenvalue weighted by atomic mass is 16.2. The molecule has 1 atom stereocenters. The van der Waals surface area contributed by atoms with Gasteiger partial charge in [0.25, 0.3) is 11.8 Å². The zero-order chi connectivity index (χ0) is 25.9. The summed E-state index contributed by atoms with van der Waals surface area (Å²) in [6, 6.07) is 17.5. The fourth-order valence-corrected chi connectivity index (χ4v) is 3.50. The Balaban J connectivity index is 1.55. The van der Waals surface area contributed by atoms with Crippen molar-refractivity contribution in [3.63, 3.8) is 0 Å². The second-order valence-electron chi connectivity index (χ2n) is 8.21. The van der Waals surface area contributed by atoms with Crippen LogP contribution in [0.2, 0.25) is 0 Å². The molecule has 4 N–H and O–H groups in total. The SMILES string of the molecule is C=CCC(CC=Nc1ccc(C(=O)NCc2ccccc2)cn1)NC(=O)c1ccc(C(N)=O)cc1C. The van der Waals surface area contributed by atoms with E-state index < -0.39 is 5.91 Å². The van der Waals surface area contributed by atoms with Crippen LogP contribution in [0.5, 0.6) is 0 Å². The zero-order valence-corrected chi connectivity index (χ0v) is 20.1. The Morgan fingerprint density at radius 2 is 1.78 bits per heavy atom. The van der Waals surface area contributed by atoms with Crippen molar-refractivity contribution in [3.05, 3.63) is 107 Å². The van der Waals surface area contributed by atoms with Gasteiger partial charge in [0, 0.05) is 42.5 Å². The van der Waals surface area contributed by atoms with Crippen LogP contribution in [0, 0.1) is 6.92 Å². The van der Waals surface area contributed by atoms with Crippen molar-refractivity contribution in [1.29, 1.82) is 0 Å². The molecule has 1 unspecified atom stereocenters. The Labute approximate surface area is 210 Å². The molecule has 1 heterocycles. The number of nitrogens with two attached hydrogens (primary N) is 1. The van der Waals surface area contributed by atoms with Crippen LogP contribution in [0.3, 0.4) is 0 Å². The maximum absolute atomic E-state index is 12.8. The molecule has 0 spiro atoms. The van der Waals surface area contributed by atoms with Gasteiger partial charge in [-0.2, -0.15) is 0 Å². The fraction of sp³-hybridized carbons (Fsp3) is 0.179. The van der Waals surface area contributed by atoms with Crippen LogP contribution in [-0.4, -0.2) is 35.0 Å². The Morgan fingerprint density at radius 1 is 1.03 bits per heavy atom. The number of benzene rings is 2. The summed E-state index contributed by atoms with van der Waals surface area (Å²) in [6.07, 6.45) is 5.88. The second-order valence-corrected chi connectivity index (χ2v) is 8.21. The summed E-state index contributed by atoms with van der Waals surface area (Å²) in [5.41, 5.74) is 8.24. The van der Waals surface area contributed by atoms with E-state index in [-0.39, 0.29) is 17.9 Å². The van der Waals surface area contributed by atoms with Gasteiger partial charge in [-0.3, -0.25) is 14.4 Å². The summed E-state index contributed by atoms with van der Waals surface area (Å²) >= 11 is 0. The minimum Gasteiger partial charge on any atom is -0.366 e. The normalized spacial score (nSPS) is 11.6. The van der Waals surface area contributed by atoms with Crippen LogP contribution < -0.4 is 16.4 Å². The smallest absolute Gasteiger partial charge is 0.253 e. The monoisotopic (exact) mass is 483 g/mol. The van der Waals surface area contributed by atoms with E-state index in [1.807, 2.05) is 30.3 Å². The number of carbonyl (C=O) groups excluding carboxylic acids is 3. The van der Waals surface area contributed by atoms with Crippen LogP contribution in [0.25, 0.3) is 0 Å². The van der Waals surface area contributed by atoms with Crippen molar-refractivity contribution >= 4 is 29.8 Å². The summed E-state index contributed by atoms with van der Waals surface area (Å²) in [5, 5.41) is 5.83. The molecule has 8 nitrogen and oxygen atoms in total. The Kier molecular flexibility index (Phi) is 9.22. The number of aromatic nitrogens is 1. The van der Waals surface area contributed by atoms with Crippen molar-refractivity contribution in [3.8, 4) is 0 Å². The third-order valence-corrected chi connectivity index (χ3v) is 5.46. The Hall–Kier alpha value is -4.59. The number of amides is 3. The van der Waals surface area contributed by atoms with Gasteiger partial charge in [-0.1, -0.05) is 36.4 Å². The third kappa shape index (κ3) is 7.46. The molecule has 0 fully saturated rings. The van der Waals surface area contributed by atoms with E-state index in [4.69, 9.17) is 5.73 Å². The molecule has 0 aliphatic carbocycles. The van der Waals surface area contributed by atoms with E-state index in [9.17, 15) is 14.4 Å². The Morgan fingerprint density at radius 3 is 2.42 bits per heavy atom. The molecule has 8 heteroatoms. The molecule has 3 rings (SSSR count). The van der Waals surface area contributed by atoms with Crippen molar-refractivity contribution < 1.29 is 14.4 Å². The number of hydrogen-bond donors (Lipinski definition) is 3. The molecule has 3 aromatic rings. The van der Waals surface area contributed by atoms with Gasteiger partial charge in [0.15, 0.2) is 5.82 Å². The molecule has 1 aromatic heterocycles. The van der Waals surface area contributed by atoms with E-state index in [2.05, 4.69) is 27.2 Å². The van der Waals surface area contributed by atoms with Gasteiger partial charge < -0.3 is 16.4 Å². The van der Waals surface area contributed by atoms with E-state index in [0.717, 1.165) is 5.56 Å². The highest BCUT2D eigenvalue weighted by Crippen LogP contribution is 2.13. The number of aryl methyl sites for hydroxylation is 1. The second kappa shape index (κ2) is 12.8.